The molecule has 3 rings (SSSR count). The van der Waals surface area contributed by atoms with E-state index in [1.165, 1.54) is 38.9 Å². The van der Waals surface area contributed by atoms with Crippen LogP contribution in [0.3, 0.4) is 0 Å². The summed E-state index contributed by atoms with van der Waals surface area (Å²) in [5, 5.41) is 13.9. The van der Waals surface area contributed by atoms with Crippen LogP contribution in [-0.4, -0.2) is 67.8 Å². The fraction of sp³-hybridized carbons (Fsp3) is 0.714. The van der Waals surface area contributed by atoms with Crippen LogP contribution in [0, 0.1) is 11.3 Å². The fourth-order valence-corrected chi connectivity index (χ4v) is 4.54. The van der Waals surface area contributed by atoms with E-state index in [9.17, 15) is 5.11 Å². The van der Waals surface area contributed by atoms with Crippen LogP contribution in [0.5, 0.6) is 0 Å². The Hall–Kier alpha value is -0.940. The molecule has 0 amide bonds. The first kappa shape index (κ1) is 18.8. The van der Waals surface area contributed by atoms with Gasteiger partial charge in [0.2, 0.25) is 0 Å². The molecule has 25 heavy (non-hydrogen) atoms. The molecule has 2 aliphatic heterocycles. The Morgan fingerprint density at radius 1 is 1.28 bits per heavy atom. The van der Waals surface area contributed by atoms with E-state index in [4.69, 9.17) is 0 Å². The van der Waals surface area contributed by atoms with E-state index in [0.717, 1.165) is 37.7 Å². The summed E-state index contributed by atoms with van der Waals surface area (Å²) in [5.41, 5.74) is 1.48. The number of nitrogens with zero attached hydrogens (tertiary/aromatic N) is 2. The summed E-state index contributed by atoms with van der Waals surface area (Å²) in [4.78, 5) is 4.97. The molecular weight excluding hydrogens is 310 g/mol. The van der Waals surface area contributed by atoms with E-state index in [1.54, 1.807) is 0 Å². The highest BCUT2D eigenvalue weighted by molar-refractivity contribution is 5.17. The number of aliphatic hydroxyl groups excluding tert-OH is 1. The number of hydrogen-bond donors (Lipinski definition) is 2. The lowest BCUT2D eigenvalue weighted by atomic mass is 9.88. The van der Waals surface area contributed by atoms with Crippen LogP contribution in [0.1, 0.15) is 37.9 Å². The first-order chi connectivity index (χ1) is 12.0. The molecule has 4 heteroatoms. The second-order valence-electron chi connectivity index (χ2n) is 8.60. The standard InChI is InChI=1S/C21H35N3O/c1-21(10-11-22-16-21)17-23(2)14-18-8-12-24(13-9-18)15-20(25)19-6-4-3-5-7-19/h3-7,18,20,22,25H,8-17H2,1-2H3. The van der Waals surface area contributed by atoms with Crippen LogP contribution in [0.4, 0.5) is 0 Å². The third kappa shape index (κ3) is 5.52. The Bertz CT molecular complexity index is 507. The lowest BCUT2D eigenvalue weighted by Gasteiger charge is -2.36. The summed E-state index contributed by atoms with van der Waals surface area (Å²) >= 11 is 0. The normalized spacial score (nSPS) is 27.0. The van der Waals surface area contributed by atoms with Crippen molar-refractivity contribution >= 4 is 0 Å². The van der Waals surface area contributed by atoms with Gasteiger partial charge in [-0.05, 0) is 62.8 Å². The van der Waals surface area contributed by atoms with Gasteiger partial charge >= 0.3 is 0 Å². The van der Waals surface area contributed by atoms with Gasteiger partial charge in [0.15, 0.2) is 0 Å². The quantitative estimate of drug-likeness (QED) is 0.796. The van der Waals surface area contributed by atoms with E-state index in [-0.39, 0.29) is 6.10 Å². The summed E-state index contributed by atoms with van der Waals surface area (Å²) in [7, 11) is 2.29. The maximum absolute atomic E-state index is 10.4. The average Bonchev–Trinajstić information content (AvgIpc) is 3.03. The van der Waals surface area contributed by atoms with E-state index >= 15 is 0 Å². The van der Waals surface area contributed by atoms with Gasteiger partial charge in [0.05, 0.1) is 6.10 Å². The Morgan fingerprint density at radius 3 is 2.64 bits per heavy atom. The first-order valence-corrected chi connectivity index (χ1v) is 9.89. The molecule has 2 unspecified atom stereocenters. The van der Waals surface area contributed by atoms with Gasteiger partial charge < -0.3 is 20.2 Å². The van der Waals surface area contributed by atoms with Crippen LogP contribution in [-0.2, 0) is 0 Å². The Labute approximate surface area is 153 Å². The predicted molar refractivity (Wildman–Crippen MR) is 104 cm³/mol. The number of likely N-dealkylation sites (tertiary alicyclic amines) is 1. The molecule has 4 nitrogen and oxygen atoms in total. The van der Waals surface area contributed by atoms with E-state index in [2.05, 4.69) is 29.1 Å². The second kappa shape index (κ2) is 8.63. The van der Waals surface area contributed by atoms with E-state index < -0.39 is 0 Å². The van der Waals surface area contributed by atoms with Crippen molar-refractivity contribution in [3.63, 3.8) is 0 Å². The van der Waals surface area contributed by atoms with Gasteiger partial charge in [0.25, 0.3) is 0 Å². The smallest absolute Gasteiger partial charge is 0.0916 e. The molecular formula is C21H35N3O. The third-order valence-corrected chi connectivity index (χ3v) is 6.00. The molecule has 1 aromatic carbocycles. The number of piperidine rings is 1. The molecule has 2 atom stereocenters. The summed E-state index contributed by atoms with van der Waals surface area (Å²) in [6.07, 6.45) is 3.43. The van der Waals surface area contributed by atoms with Gasteiger partial charge in [-0.25, -0.2) is 0 Å². The Morgan fingerprint density at radius 2 is 2.00 bits per heavy atom. The Kier molecular flexibility index (Phi) is 6.50. The number of rotatable bonds is 7. The summed E-state index contributed by atoms with van der Waals surface area (Å²) in [6.45, 7) is 10.1. The highest BCUT2D eigenvalue weighted by Gasteiger charge is 2.30. The fourth-order valence-electron chi connectivity index (χ4n) is 4.54. The number of hydrogen-bond acceptors (Lipinski definition) is 4. The van der Waals surface area contributed by atoms with Gasteiger partial charge in [0.1, 0.15) is 0 Å². The van der Waals surface area contributed by atoms with Crippen LogP contribution in [0.15, 0.2) is 30.3 Å². The molecule has 2 heterocycles. The topological polar surface area (TPSA) is 38.7 Å². The molecule has 2 N–H and O–H groups in total. The van der Waals surface area contributed by atoms with E-state index in [1.807, 2.05) is 30.3 Å². The van der Waals surface area contributed by atoms with Crippen molar-refractivity contribution in [2.45, 2.75) is 32.3 Å². The number of nitrogens with one attached hydrogen (secondary N) is 1. The average molecular weight is 346 g/mol. The second-order valence-corrected chi connectivity index (χ2v) is 8.60. The van der Waals surface area contributed by atoms with Crippen molar-refractivity contribution < 1.29 is 5.11 Å². The molecule has 0 saturated carbocycles. The largest absolute Gasteiger partial charge is 0.387 e. The number of aliphatic hydroxyl groups is 1. The monoisotopic (exact) mass is 345 g/mol. The molecule has 0 bridgehead atoms. The molecule has 2 fully saturated rings. The van der Waals surface area contributed by atoms with Crippen molar-refractivity contribution in [3.8, 4) is 0 Å². The zero-order valence-electron chi connectivity index (χ0n) is 16.0. The molecule has 2 aliphatic rings. The van der Waals surface area contributed by atoms with Crippen molar-refractivity contribution in [2.75, 3.05) is 52.9 Å². The maximum atomic E-state index is 10.4. The highest BCUT2D eigenvalue weighted by atomic mass is 16.3. The summed E-state index contributed by atoms with van der Waals surface area (Å²) in [5.74, 6) is 0.799. The minimum Gasteiger partial charge on any atom is -0.387 e. The lowest BCUT2D eigenvalue weighted by molar-refractivity contribution is 0.0794. The molecule has 0 radical (unpaired) electrons. The molecule has 140 valence electrons. The van der Waals surface area contributed by atoms with Gasteiger partial charge in [-0.3, -0.25) is 0 Å². The highest BCUT2D eigenvalue weighted by Crippen LogP contribution is 2.27. The first-order valence-electron chi connectivity index (χ1n) is 9.89. The van der Waals surface area contributed by atoms with Crippen molar-refractivity contribution in [1.82, 2.24) is 15.1 Å². The van der Waals surface area contributed by atoms with Crippen LogP contribution in [0.2, 0.25) is 0 Å². The summed E-state index contributed by atoms with van der Waals surface area (Å²) in [6, 6.07) is 10.0. The zero-order valence-corrected chi connectivity index (χ0v) is 16.0. The van der Waals surface area contributed by atoms with Gasteiger partial charge in [0, 0.05) is 26.2 Å². The van der Waals surface area contributed by atoms with Gasteiger partial charge in [-0.2, -0.15) is 0 Å². The third-order valence-electron chi connectivity index (χ3n) is 6.00. The van der Waals surface area contributed by atoms with E-state index in [0.29, 0.717) is 5.41 Å². The molecule has 2 saturated heterocycles. The molecule has 0 spiro atoms. The van der Waals surface area contributed by atoms with Crippen molar-refractivity contribution in [3.05, 3.63) is 35.9 Å². The van der Waals surface area contributed by atoms with Crippen LogP contribution in [0.25, 0.3) is 0 Å². The van der Waals surface area contributed by atoms with Crippen molar-refractivity contribution in [1.29, 1.82) is 0 Å². The Balaban J connectivity index is 1.38. The summed E-state index contributed by atoms with van der Waals surface area (Å²) < 4.78 is 0. The lowest BCUT2D eigenvalue weighted by Crippen LogP contribution is -2.42. The maximum Gasteiger partial charge on any atom is 0.0916 e. The molecule has 0 aromatic heterocycles. The van der Waals surface area contributed by atoms with Crippen LogP contribution >= 0.6 is 0 Å². The minimum atomic E-state index is -0.366. The number of β-amino-alcohol motifs (C(OH)–C–C–N with tert-alkyl or cyclic N) is 1. The van der Waals surface area contributed by atoms with Crippen LogP contribution < -0.4 is 5.32 Å². The SMILES string of the molecule is CN(CC1CCN(CC(O)c2ccccc2)CC1)CC1(C)CCNC1. The number of benzene rings is 1. The molecule has 0 aliphatic carbocycles. The predicted octanol–water partition coefficient (Wildman–Crippen LogP) is 2.36. The molecule has 1 aromatic rings. The van der Waals surface area contributed by atoms with Gasteiger partial charge in [-0.1, -0.05) is 37.3 Å². The van der Waals surface area contributed by atoms with Crippen molar-refractivity contribution in [2.24, 2.45) is 11.3 Å². The van der Waals surface area contributed by atoms with Gasteiger partial charge in [-0.15, -0.1) is 0 Å². The minimum absolute atomic E-state index is 0.366. The zero-order chi connectivity index (χ0) is 17.7.